The highest BCUT2D eigenvalue weighted by Crippen LogP contribution is 2.42. The SMILES string of the molecule is C1=Cc2sc3c(-c4ccc5c(c4)c4ccccc4n5-c4nccc(-c5cccc(-c6ccc(-c7ccccc7)cc6)c5)n4)cccc3c2CC1. The summed E-state index contributed by atoms with van der Waals surface area (Å²) in [4.78, 5) is 11.4. The van der Waals surface area contributed by atoms with E-state index in [1.165, 1.54) is 59.1 Å². The molecule has 0 bridgehead atoms. The van der Waals surface area contributed by atoms with E-state index < -0.39 is 0 Å². The molecular formula is C46H31N3S. The number of nitrogens with zero attached hydrogens (tertiary/aromatic N) is 3. The average molecular weight is 658 g/mol. The van der Waals surface area contributed by atoms with E-state index in [-0.39, 0.29) is 0 Å². The highest BCUT2D eigenvalue weighted by Gasteiger charge is 2.19. The molecule has 3 aromatic heterocycles. The fourth-order valence-electron chi connectivity index (χ4n) is 7.54. The van der Waals surface area contributed by atoms with Crippen molar-refractivity contribution in [1.29, 1.82) is 0 Å². The molecule has 3 nitrogen and oxygen atoms in total. The Hall–Kier alpha value is -6.10. The van der Waals surface area contributed by atoms with Gasteiger partial charge in [-0.05, 0) is 93.6 Å². The summed E-state index contributed by atoms with van der Waals surface area (Å²) in [5.41, 5.74) is 12.9. The third-order valence-electron chi connectivity index (χ3n) is 9.99. The van der Waals surface area contributed by atoms with Crippen LogP contribution in [0.4, 0.5) is 0 Å². The van der Waals surface area contributed by atoms with Gasteiger partial charge in [-0.1, -0.05) is 121 Å². The summed E-state index contributed by atoms with van der Waals surface area (Å²) in [5.74, 6) is 0.666. The molecule has 9 aromatic rings. The van der Waals surface area contributed by atoms with E-state index in [4.69, 9.17) is 9.97 Å². The lowest BCUT2D eigenvalue weighted by Crippen LogP contribution is -2.01. The first kappa shape index (κ1) is 28.9. The molecule has 0 spiro atoms. The molecule has 4 heteroatoms. The molecule has 236 valence electrons. The average Bonchev–Trinajstić information content (AvgIpc) is 3.74. The summed E-state index contributed by atoms with van der Waals surface area (Å²) in [6, 6.07) is 52.1. The molecule has 0 atom stereocenters. The maximum atomic E-state index is 5.18. The number of aryl methyl sites for hydroxylation is 1. The van der Waals surface area contributed by atoms with Gasteiger partial charge in [-0.3, -0.25) is 4.57 Å². The number of para-hydroxylation sites is 1. The van der Waals surface area contributed by atoms with Gasteiger partial charge in [0.05, 0.1) is 16.7 Å². The second kappa shape index (κ2) is 11.8. The summed E-state index contributed by atoms with van der Waals surface area (Å²) in [7, 11) is 0. The third kappa shape index (κ3) is 4.80. The smallest absolute Gasteiger partial charge is 0.235 e. The minimum atomic E-state index is 0.666. The van der Waals surface area contributed by atoms with Crippen molar-refractivity contribution in [3.63, 3.8) is 0 Å². The molecule has 0 radical (unpaired) electrons. The van der Waals surface area contributed by atoms with Gasteiger partial charge in [-0.15, -0.1) is 11.3 Å². The monoisotopic (exact) mass is 657 g/mol. The van der Waals surface area contributed by atoms with E-state index in [1.54, 1.807) is 0 Å². The predicted octanol–water partition coefficient (Wildman–Crippen LogP) is 12.4. The summed E-state index contributed by atoms with van der Waals surface area (Å²) in [6.07, 6.45) is 8.72. The second-order valence-corrected chi connectivity index (χ2v) is 14.0. The molecule has 0 aliphatic heterocycles. The first-order valence-electron chi connectivity index (χ1n) is 17.1. The predicted molar refractivity (Wildman–Crippen MR) is 211 cm³/mol. The Balaban J connectivity index is 1.05. The number of hydrogen-bond donors (Lipinski definition) is 0. The van der Waals surface area contributed by atoms with Crippen LogP contribution in [0.5, 0.6) is 0 Å². The highest BCUT2D eigenvalue weighted by molar-refractivity contribution is 7.20. The lowest BCUT2D eigenvalue weighted by Gasteiger charge is -2.10. The van der Waals surface area contributed by atoms with E-state index in [0.29, 0.717) is 5.95 Å². The fraction of sp³-hybridized carbons (Fsp3) is 0.0435. The fourth-order valence-corrected chi connectivity index (χ4v) is 8.86. The molecule has 0 unspecified atom stereocenters. The molecular weight excluding hydrogens is 627 g/mol. The summed E-state index contributed by atoms with van der Waals surface area (Å²) < 4.78 is 3.58. The van der Waals surface area contributed by atoms with Crippen molar-refractivity contribution in [1.82, 2.24) is 14.5 Å². The van der Waals surface area contributed by atoms with Gasteiger partial charge in [-0.2, -0.15) is 0 Å². The Labute approximate surface area is 294 Å². The van der Waals surface area contributed by atoms with Gasteiger partial charge in [0.2, 0.25) is 5.95 Å². The Morgan fingerprint density at radius 2 is 1.24 bits per heavy atom. The van der Waals surface area contributed by atoms with Gasteiger partial charge in [0, 0.05) is 32.1 Å². The van der Waals surface area contributed by atoms with Crippen molar-refractivity contribution < 1.29 is 0 Å². The van der Waals surface area contributed by atoms with Crippen LogP contribution in [0.3, 0.4) is 0 Å². The van der Waals surface area contributed by atoms with Crippen LogP contribution in [0, 0.1) is 0 Å². The van der Waals surface area contributed by atoms with Gasteiger partial charge >= 0.3 is 0 Å². The minimum absolute atomic E-state index is 0.666. The number of rotatable bonds is 5. The lowest BCUT2D eigenvalue weighted by atomic mass is 9.97. The van der Waals surface area contributed by atoms with E-state index in [1.807, 2.05) is 23.6 Å². The molecule has 0 fully saturated rings. The van der Waals surface area contributed by atoms with E-state index in [2.05, 4.69) is 156 Å². The van der Waals surface area contributed by atoms with Crippen molar-refractivity contribution in [2.45, 2.75) is 12.8 Å². The molecule has 0 N–H and O–H groups in total. The van der Waals surface area contributed by atoms with Crippen LogP contribution in [0.2, 0.25) is 0 Å². The highest BCUT2D eigenvalue weighted by atomic mass is 32.1. The molecule has 0 saturated heterocycles. The standard InChI is InChI=1S/C46H31N3S/c1-2-10-30(11-3-1)31-20-22-32(23-21-31)33-12-8-13-35(28-33)41-26-27-47-46(48-41)49-42-18-6-4-14-37(42)40-29-34(24-25-43(40)49)36-16-9-17-39-38-15-5-7-19-44(38)50-45(36)39/h1-4,6-14,16-29H,5,15H2. The summed E-state index contributed by atoms with van der Waals surface area (Å²) in [5, 5.41) is 3.79. The molecule has 6 aromatic carbocycles. The molecule has 0 amide bonds. The van der Waals surface area contributed by atoms with Gasteiger partial charge < -0.3 is 0 Å². The largest absolute Gasteiger partial charge is 0.278 e. The number of thiophene rings is 1. The van der Waals surface area contributed by atoms with Crippen molar-refractivity contribution in [2.24, 2.45) is 0 Å². The molecule has 50 heavy (non-hydrogen) atoms. The van der Waals surface area contributed by atoms with Crippen LogP contribution in [-0.4, -0.2) is 14.5 Å². The number of hydrogen-bond acceptors (Lipinski definition) is 3. The number of allylic oxidation sites excluding steroid dienone is 1. The summed E-state index contributed by atoms with van der Waals surface area (Å²) >= 11 is 1.92. The maximum Gasteiger partial charge on any atom is 0.235 e. The van der Waals surface area contributed by atoms with Crippen LogP contribution in [0.1, 0.15) is 16.9 Å². The molecule has 3 heterocycles. The van der Waals surface area contributed by atoms with Crippen molar-refractivity contribution in [3.05, 3.63) is 168 Å². The Kier molecular flexibility index (Phi) is 6.81. The zero-order valence-corrected chi connectivity index (χ0v) is 28.1. The second-order valence-electron chi connectivity index (χ2n) is 12.9. The third-order valence-corrected chi connectivity index (χ3v) is 11.2. The Morgan fingerprint density at radius 1 is 0.540 bits per heavy atom. The molecule has 1 aliphatic carbocycles. The Bertz CT molecular complexity index is 2750. The Morgan fingerprint density at radius 3 is 2.14 bits per heavy atom. The topological polar surface area (TPSA) is 30.7 Å². The molecule has 1 aliphatic rings. The minimum Gasteiger partial charge on any atom is -0.278 e. The summed E-state index contributed by atoms with van der Waals surface area (Å²) in [6.45, 7) is 0. The van der Waals surface area contributed by atoms with Crippen molar-refractivity contribution >= 4 is 49.3 Å². The molecule has 0 saturated carbocycles. The quantitative estimate of drug-likeness (QED) is 0.184. The van der Waals surface area contributed by atoms with Gasteiger partial charge in [0.15, 0.2) is 0 Å². The van der Waals surface area contributed by atoms with Crippen molar-refractivity contribution in [2.75, 3.05) is 0 Å². The molecule has 10 rings (SSSR count). The zero-order chi connectivity index (χ0) is 33.0. The first-order valence-corrected chi connectivity index (χ1v) is 17.9. The normalized spacial score (nSPS) is 12.6. The van der Waals surface area contributed by atoms with Gasteiger partial charge in [0.25, 0.3) is 0 Å². The lowest BCUT2D eigenvalue weighted by molar-refractivity contribution is 0.992. The van der Waals surface area contributed by atoms with Crippen molar-refractivity contribution in [3.8, 4) is 50.6 Å². The number of fused-ring (bicyclic) bond motifs is 6. The van der Waals surface area contributed by atoms with Crippen LogP contribution >= 0.6 is 11.3 Å². The van der Waals surface area contributed by atoms with Crippen LogP contribution in [-0.2, 0) is 6.42 Å². The van der Waals surface area contributed by atoms with Crippen LogP contribution in [0.15, 0.2) is 158 Å². The van der Waals surface area contributed by atoms with Gasteiger partial charge in [-0.25, -0.2) is 9.97 Å². The van der Waals surface area contributed by atoms with E-state index in [0.717, 1.165) is 40.7 Å². The van der Waals surface area contributed by atoms with E-state index in [9.17, 15) is 0 Å². The number of aromatic nitrogens is 3. The van der Waals surface area contributed by atoms with E-state index >= 15 is 0 Å². The first-order chi connectivity index (χ1) is 24.8. The zero-order valence-electron chi connectivity index (χ0n) is 27.3. The van der Waals surface area contributed by atoms with Crippen LogP contribution < -0.4 is 0 Å². The number of benzene rings is 6. The van der Waals surface area contributed by atoms with Crippen LogP contribution in [0.25, 0.3) is 88.6 Å². The maximum absolute atomic E-state index is 5.18. The van der Waals surface area contributed by atoms with Gasteiger partial charge in [0.1, 0.15) is 0 Å².